The van der Waals surface area contributed by atoms with E-state index in [-0.39, 0.29) is 0 Å². The molecule has 0 aliphatic carbocycles. The topological polar surface area (TPSA) is 64.1 Å². The molecule has 2 aromatic rings. The first kappa shape index (κ1) is 18.2. The number of allylic oxidation sites excluding steroid dienone is 4. The van der Waals surface area contributed by atoms with Gasteiger partial charge < -0.3 is 16.8 Å². The molecular weight excluding hydrogens is 314 g/mol. The molecule has 5 N–H and O–H groups in total. The molecule has 0 atom stereocenters. The minimum Gasteiger partial charge on any atom is -0.355 e. The second kappa shape index (κ2) is 8.11. The summed E-state index contributed by atoms with van der Waals surface area (Å²) in [6, 6.07) is 10.6. The summed E-state index contributed by atoms with van der Waals surface area (Å²) in [5, 5.41) is 3.42. The number of hydrogen-bond acceptors (Lipinski definition) is 4. The number of hydrogen-bond donors (Lipinski definition) is 3. The smallest absolute Gasteiger partial charge is 0.0470 e. The van der Waals surface area contributed by atoms with Gasteiger partial charge in [0.25, 0.3) is 0 Å². The van der Waals surface area contributed by atoms with Crippen molar-refractivity contribution in [3.05, 3.63) is 70.8 Å². The van der Waals surface area contributed by atoms with Gasteiger partial charge in [0.15, 0.2) is 0 Å². The van der Waals surface area contributed by atoms with Crippen molar-refractivity contribution in [1.29, 1.82) is 0 Å². The van der Waals surface area contributed by atoms with Crippen molar-refractivity contribution >= 4 is 22.6 Å². The fraction of sp³-hybridized carbons (Fsp3) is 0.200. The van der Waals surface area contributed by atoms with Gasteiger partial charge in [0.1, 0.15) is 0 Å². The molecule has 1 aromatic heterocycles. The summed E-state index contributed by atoms with van der Waals surface area (Å²) >= 11 is 1.76. The van der Waals surface area contributed by atoms with Gasteiger partial charge in [-0.1, -0.05) is 30.9 Å². The Kier molecular flexibility index (Phi) is 6.15. The first-order valence-corrected chi connectivity index (χ1v) is 8.77. The van der Waals surface area contributed by atoms with Crippen LogP contribution in [0.15, 0.2) is 60.3 Å². The summed E-state index contributed by atoms with van der Waals surface area (Å²) in [7, 11) is 1.50. The van der Waals surface area contributed by atoms with Crippen molar-refractivity contribution in [3.63, 3.8) is 0 Å². The lowest BCUT2D eigenvalue weighted by Gasteiger charge is -2.25. The van der Waals surface area contributed by atoms with Gasteiger partial charge in [0.05, 0.1) is 0 Å². The molecule has 0 amide bonds. The highest BCUT2D eigenvalue weighted by Crippen LogP contribution is 2.43. The van der Waals surface area contributed by atoms with Crippen molar-refractivity contribution in [2.75, 3.05) is 12.4 Å². The van der Waals surface area contributed by atoms with E-state index in [9.17, 15) is 0 Å². The maximum atomic E-state index is 5.76. The van der Waals surface area contributed by atoms with Crippen LogP contribution in [0.1, 0.15) is 24.3 Å². The number of nitrogens with one attached hydrogen (secondary N) is 1. The summed E-state index contributed by atoms with van der Waals surface area (Å²) in [6.45, 7) is 8.88. The first-order valence-electron chi connectivity index (χ1n) is 7.96. The zero-order valence-corrected chi connectivity index (χ0v) is 15.3. The van der Waals surface area contributed by atoms with Crippen LogP contribution in [0.25, 0.3) is 16.0 Å². The molecule has 0 unspecified atom stereocenters. The van der Waals surface area contributed by atoms with Gasteiger partial charge in [-0.25, -0.2) is 0 Å². The van der Waals surface area contributed by atoms with Crippen LogP contribution >= 0.6 is 11.3 Å². The minimum absolute atomic E-state index is 0.589. The summed E-state index contributed by atoms with van der Waals surface area (Å²) < 4.78 is 0. The van der Waals surface area contributed by atoms with E-state index in [4.69, 9.17) is 5.73 Å². The highest BCUT2D eigenvalue weighted by atomic mass is 32.1. The molecule has 1 aliphatic rings. The van der Waals surface area contributed by atoms with Crippen LogP contribution in [-0.4, -0.2) is 7.05 Å². The largest absolute Gasteiger partial charge is 0.355 e. The summed E-state index contributed by atoms with van der Waals surface area (Å²) in [4.78, 5) is 2.45. The molecule has 1 aliphatic heterocycles. The first-order chi connectivity index (χ1) is 11.7. The van der Waals surface area contributed by atoms with Gasteiger partial charge in [-0.15, -0.1) is 11.3 Å². The van der Waals surface area contributed by atoms with E-state index in [0.29, 0.717) is 6.54 Å². The van der Waals surface area contributed by atoms with Crippen LogP contribution in [-0.2, 0) is 6.54 Å². The summed E-state index contributed by atoms with van der Waals surface area (Å²) in [5.74, 6) is 0. The monoisotopic (exact) mass is 339 g/mol. The molecule has 0 spiro atoms. The van der Waals surface area contributed by atoms with E-state index in [1.54, 1.807) is 11.3 Å². The average Bonchev–Trinajstić information content (AvgIpc) is 3.09. The highest BCUT2D eigenvalue weighted by molar-refractivity contribution is 7.15. The maximum absolute atomic E-state index is 5.76. The second-order valence-corrected chi connectivity index (χ2v) is 6.51. The standard InChI is InChI=1S/C19H20N2S.CH5N/c1-4-6-15-12(2)13(3)21-17-8-5-7-16(19(15)17)18-10-9-14(11-20)22-18;1-2/h4-10,21H,3,11,20H2,1-2H3;2H2,1H3/b6-4-;. The summed E-state index contributed by atoms with van der Waals surface area (Å²) in [6.07, 6.45) is 4.25. The van der Waals surface area contributed by atoms with Gasteiger partial charge in [-0.2, -0.15) is 0 Å². The van der Waals surface area contributed by atoms with Crippen LogP contribution in [0, 0.1) is 0 Å². The van der Waals surface area contributed by atoms with Gasteiger partial charge >= 0.3 is 0 Å². The Labute approximate surface area is 148 Å². The molecule has 0 saturated heterocycles. The predicted octanol–water partition coefficient (Wildman–Crippen LogP) is 4.74. The lowest BCUT2D eigenvalue weighted by atomic mass is 9.89. The Bertz CT molecular complexity index is 797. The van der Waals surface area contributed by atoms with Crippen LogP contribution in [0.3, 0.4) is 0 Å². The van der Waals surface area contributed by atoms with Crippen molar-refractivity contribution in [3.8, 4) is 10.4 Å². The molecule has 0 bridgehead atoms. The number of nitrogens with two attached hydrogens (primary N) is 2. The zero-order chi connectivity index (χ0) is 17.7. The number of fused-ring (bicyclic) bond motifs is 1. The quantitative estimate of drug-likeness (QED) is 0.757. The number of rotatable bonds is 3. The normalized spacial score (nSPS) is 13.5. The molecule has 2 heterocycles. The highest BCUT2D eigenvalue weighted by Gasteiger charge is 2.21. The molecule has 0 radical (unpaired) electrons. The predicted molar refractivity (Wildman–Crippen MR) is 108 cm³/mol. The Balaban J connectivity index is 0.00000100. The van der Waals surface area contributed by atoms with Gasteiger partial charge in [0.2, 0.25) is 0 Å². The zero-order valence-electron chi connectivity index (χ0n) is 14.5. The molecule has 1 aromatic carbocycles. The third-order valence-corrected chi connectivity index (χ3v) is 5.08. The third-order valence-electron chi connectivity index (χ3n) is 3.94. The van der Waals surface area contributed by atoms with Crippen molar-refractivity contribution in [2.45, 2.75) is 20.4 Å². The molecule has 0 saturated carbocycles. The van der Waals surface area contributed by atoms with Gasteiger partial charge in [-0.3, -0.25) is 0 Å². The van der Waals surface area contributed by atoms with Crippen LogP contribution < -0.4 is 16.8 Å². The molecule has 4 heteroatoms. The maximum Gasteiger partial charge on any atom is 0.0470 e. The fourth-order valence-corrected chi connectivity index (χ4v) is 3.68. The molecular formula is C20H25N3S. The molecule has 0 fully saturated rings. The summed E-state index contributed by atoms with van der Waals surface area (Å²) in [5.41, 5.74) is 17.3. The van der Waals surface area contributed by atoms with Crippen molar-refractivity contribution < 1.29 is 0 Å². The Morgan fingerprint density at radius 3 is 2.58 bits per heavy atom. The number of thiophene rings is 1. The Morgan fingerprint density at radius 1 is 1.21 bits per heavy atom. The number of anilines is 1. The molecule has 3 rings (SSSR count). The lowest BCUT2D eigenvalue weighted by molar-refractivity contribution is 1.11. The fourth-order valence-electron chi connectivity index (χ4n) is 2.77. The van der Waals surface area contributed by atoms with E-state index in [0.717, 1.165) is 11.4 Å². The van der Waals surface area contributed by atoms with Gasteiger partial charge in [-0.05, 0) is 50.2 Å². The molecule has 126 valence electrons. The van der Waals surface area contributed by atoms with E-state index < -0.39 is 0 Å². The van der Waals surface area contributed by atoms with E-state index >= 15 is 0 Å². The van der Waals surface area contributed by atoms with Crippen LogP contribution in [0.2, 0.25) is 0 Å². The van der Waals surface area contributed by atoms with E-state index in [2.05, 4.69) is 67.0 Å². The van der Waals surface area contributed by atoms with E-state index in [1.165, 1.54) is 39.1 Å². The molecule has 24 heavy (non-hydrogen) atoms. The third kappa shape index (κ3) is 3.36. The average molecular weight is 340 g/mol. The van der Waals surface area contributed by atoms with Crippen LogP contribution in [0.5, 0.6) is 0 Å². The lowest BCUT2D eigenvalue weighted by Crippen LogP contribution is -2.10. The van der Waals surface area contributed by atoms with E-state index in [1.807, 2.05) is 6.92 Å². The Morgan fingerprint density at radius 2 is 1.96 bits per heavy atom. The minimum atomic E-state index is 0.589. The Hall–Kier alpha value is -2.14. The molecule has 3 nitrogen and oxygen atoms in total. The SMILES string of the molecule is C=C1Nc2cccc(-c3ccc(CN)s3)c2C(/C=C\C)=C1C.CN. The number of benzene rings is 1. The van der Waals surface area contributed by atoms with Gasteiger partial charge in [0, 0.05) is 38.8 Å². The van der Waals surface area contributed by atoms with Crippen molar-refractivity contribution in [2.24, 2.45) is 11.5 Å². The second-order valence-electron chi connectivity index (χ2n) is 5.34. The van der Waals surface area contributed by atoms with Crippen molar-refractivity contribution in [1.82, 2.24) is 0 Å². The van der Waals surface area contributed by atoms with Crippen LogP contribution in [0.4, 0.5) is 5.69 Å².